The molecule has 462 valence electrons. The number of rotatable bonds is 31. The summed E-state index contributed by atoms with van der Waals surface area (Å²) in [6.07, 6.45) is 8.35. The first-order chi connectivity index (χ1) is 36.3. The number of ketones is 2. The zero-order chi connectivity index (χ0) is 61.7. The van der Waals surface area contributed by atoms with E-state index in [0.29, 0.717) is 85.1 Å². The van der Waals surface area contributed by atoms with Crippen molar-refractivity contribution in [1.82, 2.24) is 0 Å². The molecule has 2 saturated heterocycles. The molecule has 0 saturated carbocycles. The predicted octanol–water partition coefficient (Wildman–Crippen LogP) is 13.8. The van der Waals surface area contributed by atoms with E-state index in [1.54, 1.807) is 67.5 Å². The Morgan fingerprint density at radius 2 is 0.846 bits per heavy atom. The monoisotopic (exact) mass is 1220 g/mol. The molecule has 0 aromatic heterocycles. The van der Waals surface area contributed by atoms with Crippen LogP contribution < -0.4 is 0 Å². The largest absolute Gasteiger partial charge is 0.481 e. The number of hydrogen-bond donors (Lipinski definition) is 2. The molecule has 0 aliphatic carbocycles. The van der Waals surface area contributed by atoms with Crippen molar-refractivity contribution in [3.8, 4) is 0 Å². The Labute approximate surface area is 468 Å². The molecule has 0 aromatic carbocycles. The van der Waals surface area contributed by atoms with Crippen molar-refractivity contribution >= 4 is 61.5 Å². The maximum Gasteiger partial charge on any atom is 0.334 e. The lowest BCUT2D eigenvalue weighted by Gasteiger charge is -2.34. The molecule has 2 unspecified atom stereocenters. The molecule has 2 heterocycles. The minimum absolute atomic E-state index is 0.00884. The minimum Gasteiger partial charge on any atom is -0.481 e. The van der Waals surface area contributed by atoms with Gasteiger partial charge in [-0.3, -0.25) is 42.0 Å². The lowest BCUT2D eigenvalue weighted by atomic mass is 9.97. The van der Waals surface area contributed by atoms with Gasteiger partial charge in [-0.05, 0) is 60.1 Å². The van der Waals surface area contributed by atoms with Gasteiger partial charge in [-0.25, -0.2) is 0 Å². The maximum absolute atomic E-state index is 12.0. The summed E-state index contributed by atoms with van der Waals surface area (Å²) in [5.41, 5.74) is -0.182. The summed E-state index contributed by atoms with van der Waals surface area (Å²) in [5.74, 6) is -3.40. The Bertz CT molecular complexity index is 1830. The molecular weight excluding hydrogens is 1120 g/mol. The lowest BCUT2D eigenvalue weighted by Crippen LogP contribution is -2.31. The van der Waals surface area contributed by atoms with Gasteiger partial charge in [-0.15, -0.1) is 26.3 Å². The van der Waals surface area contributed by atoms with Crippen molar-refractivity contribution in [2.75, 3.05) is 110 Å². The Hall–Kier alpha value is -2.05. The normalized spacial score (nSPS) is 16.9. The fourth-order valence-corrected chi connectivity index (χ4v) is 14.0. The number of allylic oxidation sites excluding steroid dienone is 4. The van der Waals surface area contributed by atoms with Gasteiger partial charge < -0.3 is 60.2 Å². The van der Waals surface area contributed by atoms with Crippen molar-refractivity contribution in [3.63, 3.8) is 0 Å². The Morgan fingerprint density at radius 1 is 0.538 bits per heavy atom. The van der Waals surface area contributed by atoms with Gasteiger partial charge >= 0.3 is 49.9 Å². The van der Waals surface area contributed by atoms with E-state index < -0.39 is 61.8 Å². The van der Waals surface area contributed by atoms with E-state index in [-0.39, 0.29) is 60.3 Å². The van der Waals surface area contributed by atoms with Crippen molar-refractivity contribution in [1.29, 1.82) is 0 Å². The Kier molecular flexibility index (Phi) is 51.5. The molecule has 0 bridgehead atoms. The van der Waals surface area contributed by atoms with Crippen LogP contribution in [-0.4, -0.2) is 144 Å². The molecule has 0 radical (unpaired) electrons. The van der Waals surface area contributed by atoms with E-state index in [1.165, 1.54) is 26.0 Å². The second kappa shape index (κ2) is 47.4. The number of carboxylic acids is 2. The third-order valence-corrected chi connectivity index (χ3v) is 19.3. The average Bonchev–Trinajstić information content (AvgIpc) is 3.37. The number of aliphatic carboxylic acids is 2. The fraction of sp³-hybridized carbons (Fsp3) is 0.765. The van der Waals surface area contributed by atoms with Crippen LogP contribution in [0.2, 0.25) is 0 Å². The molecule has 0 spiro atoms. The van der Waals surface area contributed by atoms with Crippen LogP contribution >= 0.6 is 38.0 Å². The average molecular weight is 1220 g/mol. The van der Waals surface area contributed by atoms with E-state index in [0.717, 1.165) is 6.42 Å². The molecular formula is C51H101O22P5. The van der Waals surface area contributed by atoms with Crippen LogP contribution in [0.5, 0.6) is 0 Å². The van der Waals surface area contributed by atoms with Crippen LogP contribution in [0.15, 0.2) is 50.6 Å². The zero-order valence-corrected chi connectivity index (χ0v) is 54.2. The Balaban J connectivity index is -0.000000280. The van der Waals surface area contributed by atoms with E-state index in [1.807, 2.05) is 34.6 Å². The van der Waals surface area contributed by atoms with Gasteiger partial charge in [-0.2, -0.15) is 0 Å². The molecule has 22 nitrogen and oxygen atoms in total. The van der Waals surface area contributed by atoms with Crippen LogP contribution in [0.4, 0.5) is 0 Å². The molecule has 2 aliphatic heterocycles. The summed E-state index contributed by atoms with van der Waals surface area (Å²) in [6.45, 7) is 43.6. The quantitative estimate of drug-likeness (QED) is 0.0282. The highest BCUT2D eigenvalue weighted by molar-refractivity contribution is 7.55. The van der Waals surface area contributed by atoms with Crippen LogP contribution in [-0.2, 0) is 92.0 Å². The number of carboxylic acid groups (broad SMARTS) is 2. The first-order valence-electron chi connectivity index (χ1n) is 26.1. The second-order valence-corrected chi connectivity index (χ2v) is 28.6. The van der Waals surface area contributed by atoms with Crippen LogP contribution in [0, 0.1) is 22.7 Å². The third kappa shape index (κ3) is 45.6. The molecule has 27 heteroatoms. The standard InChI is InChI=1S/C10H21O4P.2C10H19O4P.C9H17O5P.C8H17O5P.2C2H4/c1-4-5-12-6-7-15(11)13-8-10(2,3)9-14-15;2*1-4-10(11)8-7-9-15(12,13-5-2)14-6-3;1-7(8(10)11)4-15(12)13-5-9(2,3)6-14-15;1-4-12-14(11,13-5-2)6-7(3)8(9)10;2*1-2/h4-9H2,1-3H3;2*7-8H,4-6,9H2,1-3H3;7H,4-6H2,1-3H3,(H,10,11);7H,4-6H2,1-3H3,(H,9,10);2*1-2H2/b;2*8-7+;;;;. The van der Waals surface area contributed by atoms with E-state index >= 15 is 0 Å². The van der Waals surface area contributed by atoms with Gasteiger partial charge in [0.1, 0.15) is 0 Å². The highest BCUT2D eigenvalue weighted by Gasteiger charge is 2.39. The SMILES string of the molecule is C=C.C=C.CC(CP1(=O)OCC(C)(C)CO1)C(=O)O.CCCOCCP1(=O)OCC(C)(C)CO1.CCOP(=O)(C/C=C/C(=O)CC)OCC.CCOP(=O)(C/C=C/C(=O)CC)OCC.CCOP(=O)(CC(C)C(=O)O)OCC. The molecule has 0 amide bonds. The van der Waals surface area contributed by atoms with Gasteiger partial charge in [0, 0.05) is 30.3 Å². The van der Waals surface area contributed by atoms with Crippen molar-refractivity contribution in [2.24, 2.45) is 22.7 Å². The molecule has 2 fully saturated rings. The van der Waals surface area contributed by atoms with Crippen LogP contribution in [0.1, 0.15) is 123 Å². The van der Waals surface area contributed by atoms with E-state index in [4.69, 9.17) is 60.2 Å². The highest BCUT2D eigenvalue weighted by atomic mass is 31.2. The molecule has 78 heavy (non-hydrogen) atoms. The molecule has 2 N–H and O–H groups in total. The second-order valence-electron chi connectivity index (χ2n) is 18.0. The van der Waals surface area contributed by atoms with Crippen LogP contribution in [0.25, 0.3) is 0 Å². The summed E-state index contributed by atoms with van der Waals surface area (Å²) < 4.78 is 116. The lowest BCUT2D eigenvalue weighted by molar-refractivity contribution is -0.141. The zero-order valence-electron chi connectivity index (χ0n) is 49.7. The number of hydrogen-bond acceptors (Lipinski definition) is 20. The third-order valence-electron chi connectivity index (χ3n) is 9.22. The number of carbonyl (C=O) groups is 4. The summed E-state index contributed by atoms with van der Waals surface area (Å²) in [7, 11) is -15.3. The van der Waals surface area contributed by atoms with Crippen molar-refractivity contribution in [2.45, 2.75) is 123 Å². The van der Waals surface area contributed by atoms with Gasteiger partial charge in [-0.1, -0.05) is 74.5 Å². The fourth-order valence-electron chi connectivity index (χ4n) is 5.20. The van der Waals surface area contributed by atoms with Gasteiger partial charge in [0.2, 0.25) is 0 Å². The van der Waals surface area contributed by atoms with Gasteiger partial charge in [0.25, 0.3) is 0 Å². The van der Waals surface area contributed by atoms with Crippen LogP contribution in [0.3, 0.4) is 0 Å². The van der Waals surface area contributed by atoms with E-state index in [9.17, 15) is 42.0 Å². The number of ether oxygens (including phenoxy) is 1. The smallest absolute Gasteiger partial charge is 0.334 e. The first kappa shape index (κ1) is 84.8. The van der Waals surface area contributed by atoms with Crippen molar-refractivity contribution in [3.05, 3.63) is 50.6 Å². The molecule has 0 aromatic rings. The van der Waals surface area contributed by atoms with Crippen molar-refractivity contribution < 1.29 is 102 Å². The summed E-state index contributed by atoms with van der Waals surface area (Å²) in [6, 6.07) is 0. The molecule has 2 rings (SSSR count). The van der Waals surface area contributed by atoms with Gasteiger partial charge in [0.05, 0.1) is 115 Å². The van der Waals surface area contributed by atoms with E-state index in [2.05, 4.69) is 26.3 Å². The maximum atomic E-state index is 12.0. The topological polar surface area (TPSA) is 296 Å². The molecule has 2 atom stereocenters. The molecule has 2 aliphatic rings. The summed E-state index contributed by atoms with van der Waals surface area (Å²) in [5, 5.41) is 17.3. The number of carbonyl (C=O) groups excluding carboxylic acids is 2. The predicted molar refractivity (Wildman–Crippen MR) is 310 cm³/mol. The first-order valence-corrected chi connectivity index (χ1v) is 34.8. The summed E-state index contributed by atoms with van der Waals surface area (Å²) in [4.78, 5) is 43.1. The Morgan fingerprint density at radius 3 is 1.13 bits per heavy atom. The minimum atomic E-state index is -3.21. The van der Waals surface area contributed by atoms with Gasteiger partial charge in [0.15, 0.2) is 11.6 Å². The summed E-state index contributed by atoms with van der Waals surface area (Å²) >= 11 is 0. The highest BCUT2D eigenvalue weighted by Crippen LogP contribution is 2.55.